The van der Waals surface area contributed by atoms with E-state index in [9.17, 15) is 9.59 Å². The lowest BCUT2D eigenvalue weighted by Gasteiger charge is -2.29. The molecule has 2 fully saturated rings. The van der Waals surface area contributed by atoms with Crippen LogP contribution in [0.2, 0.25) is 0 Å². The molecule has 3 aromatic carbocycles. The first-order valence-corrected chi connectivity index (χ1v) is 11.3. The van der Waals surface area contributed by atoms with Crippen molar-refractivity contribution in [2.24, 2.45) is 5.92 Å². The number of hydrogen-bond acceptors (Lipinski definition) is 4. The molecule has 168 valence electrons. The molecule has 0 N–H and O–H groups in total. The summed E-state index contributed by atoms with van der Waals surface area (Å²) < 4.78 is 0. The summed E-state index contributed by atoms with van der Waals surface area (Å²) in [4.78, 5) is 34.7. The van der Waals surface area contributed by atoms with E-state index in [0.29, 0.717) is 5.69 Å². The van der Waals surface area contributed by atoms with E-state index in [0.717, 1.165) is 16.8 Å². The third-order valence-corrected chi connectivity index (χ3v) is 6.60. The third kappa shape index (κ3) is 3.53. The van der Waals surface area contributed by atoms with Gasteiger partial charge in [0.05, 0.1) is 17.4 Å². The zero-order valence-electron chi connectivity index (χ0n) is 19.4. The summed E-state index contributed by atoms with van der Waals surface area (Å²) in [6, 6.07) is 25.0. The molecule has 2 heterocycles. The van der Waals surface area contributed by atoms with Crippen molar-refractivity contribution in [3.8, 4) is 0 Å². The molecule has 0 bridgehead atoms. The molecular weight excluding hydrogens is 412 g/mol. The Kier molecular flexibility index (Phi) is 5.09. The summed E-state index contributed by atoms with van der Waals surface area (Å²) in [5.41, 5.74) is 4.51. The Balaban J connectivity index is 1.58. The lowest BCUT2D eigenvalue weighted by molar-refractivity contribution is -0.126. The van der Waals surface area contributed by atoms with Crippen molar-refractivity contribution in [1.82, 2.24) is 0 Å². The zero-order chi connectivity index (χ0) is 23.3. The number of anilines is 2. The number of carbonyl (C=O) groups is 2. The fraction of sp³-hybridized carbons (Fsp3) is 0.286. The van der Waals surface area contributed by atoms with Crippen LogP contribution in [0, 0.1) is 12.8 Å². The van der Waals surface area contributed by atoms with E-state index in [2.05, 4.69) is 45.0 Å². The van der Waals surface area contributed by atoms with Crippen LogP contribution < -0.4 is 9.96 Å². The van der Waals surface area contributed by atoms with Gasteiger partial charge in [-0.05, 0) is 47.2 Å². The molecule has 0 unspecified atom stereocenters. The molecule has 2 aliphatic heterocycles. The maximum atomic E-state index is 13.7. The molecule has 5 nitrogen and oxygen atoms in total. The van der Waals surface area contributed by atoms with Gasteiger partial charge in [-0.2, -0.15) is 0 Å². The van der Waals surface area contributed by atoms with Gasteiger partial charge >= 0.3 is 0 Å². The summed E-state index contributed by atoms with van der Waals surface area (Å²) in [6.07, 6.45) is -0.857. The largest absolute Gasteiger partial charge is 0.273 e. The topological polar surface area (TPSA) is 49.9 Å². The van der Waals surface area contributed by atoms with Gasteiger partial charge in [0, 0.05) is 0 Å². The summed E-state index contributed by atoms with van der Waals surface area (Å²) in [7, 11) is 0. The molecule has 0 spiro atoms. The second kappa shape index (κ2) is 7.85. The third-order valence-electron chi connectivity index (χ3n) is 6.60. The Bertz CT molecular complexity index is 1200. The van der Waals surface area contributed by atoms with Crippen molar-refractivity contribution in [3.05, 3.63) is 95.6 Å². The number of hydroxylamine groups is 1. The molecule has 33 heavy (non-hydrogen) atoms. The van der Waals surface area contributed by atoms with E-state index in [-0.39, 0.29) is 17.2 Å². The van der Waals surface area contributed by atoms with Crippen LogP contribution in [0.15, 0.2) is 78.9 Å². The monoisotopic (exact) mass is 440 g/mol. The van der Waals surface area contributed by atoms with Gasteiger partial charge in [0.2, 0.25) is 5.91 Å². The summed E-state index contributed by atoms with van der Waals surface area (Å²) in [6.45, 7) is 8.43. The van der Waals surface area contributed by atoms with Crippen molar-refractivity contribution in [3.63, 3.8) is 0 Å². The minimum Gasteiger partial charge on any atom is -0.273 e. The molecule has 0 saturated carbocycles. The number of amides is 2. The van der Waals surface area contributed by atoms with E-state index in [1.807, 2.05) is 61.5 Å². The first kappa shape index (κ1) is 21.4. The fourth-order valence-electron chi connectivity index (χ4n) is 4.78. The van der Waals surface area contributed by atoms with Gasteiger partial charge in [0.25, 0.3) is 5.91 Å². The molecule has 2 aliphatic rings. The Morgan fingerprint density at radius 2 is 1.42 bits per heavy atom. The minimum atomic E-state index is -0.857. The smallest absolute Gasteiger partial charge is 0.266 e. The lowest BCUT2D eigenvalue weighted by atomic mass is 9.84. The highest BCUT2D eigenvalue weighted by atomic mass is 16.7. The standard InChI is InChI=1S/C28H28N2O3/c1-18-10-8-9-13-22(18)29-26(31)23-24(19-14-16-20(17-15-19)28(2,3)4)30(33-25(23)27(29)32)21-11-6-5-7-12-21/h5-17,23-25H,1-4H3/t23-,24-,25-/m1/s1. The highest BCUT2D eigenvalue weighted by Gasteiger charge is 2.60. The Morgan fingerprint density at radius 1 is 0.788 bits per heavy atom. The molecule has 2 saturated heterocycles. The van der Waals surface area contributed by atoms with Crippen molar-refractivity contribution in [2.75, 3.05) is 9.96 Å². The maximum Gasteiger partial charge on any atom is 0.266 e. The normalized spacial score (nSPS) is 22.7. The average Bonchev–Trinajstić information content (AvgIpc) is 3.31. The van der Waals surface area contributed by atoms with Gasteiger partial charge in [-0.3, -0.25) is 14.4 Å². The van der Waals surface area contributed by atoms with E-state index >= 15 is 0 Å². The van der Waals surface area contributed by atoms with Crippen molar-refractivity contribution < 1.29 is 14.4 Å². The van der Waals surface area contributed by atoms with Gasteiger partial charge in [0.1, 0.15) is 5.92 Å². The fourth-order valence-corrected chi connectivity index (χ4v) is 4.78. The van der Waals surface area contributed by atoms with Gasteiger partial charge in [-0.1, -0.05) is 81.4 Å². The molecule has 0 aromatic heterocycles. The minimum absolute atomic E-state index is 0.0210. The van der Waals surface area contributed by atoms with Crippen molar-refractivity contribution in [2.45, 2.75) is 45.3 Å². The van der Waals surface area contributed by atoms with Gasteiger partial charge < -0.3 is 0 Å². The quantitative estimate of drug-likeness (QED) is 0.516. The summed E-state index contributed by atoms with van der Waals surface area (Å²) in [5, 5.41) is 1.74. The van der Waals surface area contributed by atoms with E-state index in [4.69, 9.17) is 4.84 Å². The first-order chi connectivity index (χ1) is 15.8. The second-order valence-electron chi connectivity index (χ2n) is 9.83. The highest BCUT2D eigenvalue weighted by Crippen LogP contribution is 2.48. The Morgan fingerprint density at radius 3 is 2.06 bits per heavy atom. The van der Waals surface area contributed by atoms with Crippen molar-refractivity contribution >= 4 is 23.2 Å². The van der Waals surface area contributed by atoms with Gasteiger partial charge in [-0.15, -0.1) is 0 Å². The SMILES string of the molecule is Cc1ccccc1N1C(=O)[C@@H]2[C@@H](c3ccc(C(C)(C)C)cc3)N(c3ccccc3)O[C@H]2C1=O. The number of benzene rings is 3. The molecule has 0 aliphatic carbocycles. The number of imide groups is 1. The molecule has 2 amide bonds. The second-order valence-corrected chi connectivity index (χ2v) is 9.83. The van der Waals surface area contributed by atoms with E-state index in [1.165, 1.54) is 10.5 Å². The number of rotatable bonds is 3. The van der Waals surface area contributed by atoms with Gasteiger partial charge in [-0.25, -0.2) is 9.96 Å². The van der Waals surface area contributed by atoms with Crippen LogP contribution in [-0.4, -0.2) is 17.9 Å². The predicted octanol–water partition coefficient (Wildman–Crippen LogP) is 5.34. The molecule has 3 atom stereocenters. The average molecular weight is 441 g/mol. The zero-order valence-corrected chi connectivity index (χ0v) is 19.4. The van der Waals surface area contributed by atoms with E-state index in [1.54, 1.807) is 5.06 Å². The Hall–Kier alpha value is -3.44. The van der Waals surface area contributed by atoms with Crippen LogP contribution in [0.3, 0.4) is 0 Å². The van der Waals surface area contributed by atoms with Crippen LogP contribution in [0.4, 0.5) is 11.4 Å². The van der Waals surface area contributed by atoms with Crippen LogP contribution >= 0.6 is 0 Å². The van der Waals surface area contributed by atoms with Gasteiger partial charge in [0.15, 0.2) is 6.10 Å². The molecule has 5 heteroatoms. The van der Waals surface area contributed by atoms with Crippen LogP contribution in [-0.2, 0) is 19.8 Å². The van der Waals surface area contributed by atoms with Crippen molar-refractivity contribution in [1.29, 1.82) is 0 Å². The molecular formula is C28H28N2O3. The number of carbonyl (C=O) groups excluding carboxylic acids is 2. The number of nitrogens with zero attached hydrogens (tertiary/aromatic N) is 2. The lowest BCUT2D eigenvalue weighted by Crippen LogP contribution is -2.37. The maximum absolute atomic E-state index is 13.7. The number of hydrogen-bond donors (Lipinski definition) is 0. The molecule has 0 radical (unpaired) electrons. The highest BCUT2D eigenvalue weighted by molar-refractivity contribution is 6.24. The Labute approximate surface area is 194 Å². The van der Waals surface area contributed by atoms with Crippen LogP contribution in [0.1, 0.15) is 43.5 Å². The van der Waals surface area contributed by atoms with Crippen LogP contribution in [0.5, 0.6) is 0 Å². The number of para-hydroxylation sites is 2. The molecule has 3 aromatic rings. The number of aryl methyl sites for hydroxylation is 1. The predicted molar refractivity (Wildman–Crippen MR) is 129 cm³/mol. The van der Waals surface area contributed by atoms with Crippen LogP contribution in [0.25, 0.3) is 0 Å². The summed E-state index contributed by atoms with van der Waals surface area (Å²) in [5.74, 6) is -1.16. The molecule has 5 rings (SSSR count). The van der Waals surface area contributed by atoms with E-state index < -0.39 is 18.1 Å². The first-order valence-electron chi connectivity index (χ1n) is 11.3. The number of fused-ring (bicyclic) bond motifs is 1. The summed E-state index contributed by atoms with van der Waals surface area (Å²) >= 11 is 0.